The number of hydrogen-bond acceptors (Lipinski definition) is 4. The quantitative estimate of drug-likeness (QED) is 0.834. The fourth-order valence-corrected chi connectivity index (χ4v) is 4.33. The second-order valence-electron chi connectivity index (χ2n) is 6.87. The van der Waals surface area contributed by atoms with Gasteiger partial charge in [-0.3, -0.25) is 4.90 Å². The Labute approximate surface area is 133 Å². The number of nitrogens with zero attached hydrogens (tertiary/aromatic N) is 2. The fraction of sp³-hybridized carbons (Fsp3) is 0.824. The van der Waals surface area contributed by atoms with Crippen LogP contribution >= 0.6 is 11.3 Å². The van der Waals surface area contributed by atoms with E-state index in [0.717, 1.165) is 31.5 Å². The van der Waals surface area contributed by atoms with Crippen LogP contribution in [0.25, 0.3) is 0 Å². The molecule has 2 heterocycles. The van der Waals surface area contributed by atoms with Crippen molar-refractivity contribution >= 4 is 11.3 Å². The average molecular weight is 308 g/mol. The molecule has 3 rings (SSSR count). The van der Waals surface area contributed by atoms with E-state index in [1.807, 2.05) is 11.3 Å². The lowest BCUT2D eigenvalue weighted by atomic mass is 10.0. The summed E-state index contributed by atoms with van der Waals surface area (Å²) in [5.41, 5.74) is 1.36. The number of aromatic nitrogens is 1. The maximum Gasteiger partial charge on any atom is 0.107 e. The molecule has 1 N–H and O–H groups in total. The zero-order chi connectivity index (χ0) is 14.7. The van der Waals surface area contributed by atoms with Crippen molar-refractivity contribution in [3.63, 3.8) is 0 Å². The van der Waals surface area contributed by atoms with E-state index in [4.69, 9.17) is 4.98 Å². The Bertz CT molecular complexity index is 453. The minimum absolute atomic E-state index is 0.785. The van der Waals surface area contributed by atoms with Crippen LogP contribution in [0.3, 0.4) is 0 Å². The van der Waals surface area contributed by atoms with Gasteiger partial charge < -0.3 is 5.32 Å². The Morgan fingerprint density at radius 2 is 2.19 bits per heavy atom. The maximum atomic E-state index is 4.95. The molecule has 3 nitrogen and oxygen atoms in total. The molecule has 0 bridgehead atoms. The van der Waals surface area contributed by atoms with Crippen molar-refractivity contribution < 1.29 is 0 Å². The highest BCUT2D eigenvalue weighted by Gasteiger charge is 2.22. The van der Waals surface area contributed by atoms with Crippen molar-refractivity contribution in [3.8, 4) is 0 Å². The number of thiazole rings is 1. The van der Waals surface area contributed by atoms with Gasteiger partial charge in [0.15, 0.2) is 0 Å². The van der Waals surface area contributed by atoms with Crippen LogP contribution in [0.2, 0.25) is 0 Å². The number of rotatable bonds is 7. The molecule has 21 heavy (non-hydrogen) atoms. The Kier molecular flexibility index (Phi) is 5.30. The smallest absolute Gasteiger partial charge is 0.107 e. The minimum Gasteiger partial charge on any atom is -0.309 e. The lowest BCUT2D eigenvalue weighted by Gasteiger charge is -2.29. The molecule has 4 heteroatoms. The standard InChI is InChI=1S/C17H29N3S/c1-3-5-15-16(10-18-14-7-8-14)21-17(19-15)12-20-9-4-6-13(2)11-20/h13-14,18H,3-12H2,1-2H3. The van der Waals surface area contributed by atoms with E-state index in [-0.39, 0.29) is 0 Å². The van der Waals surface area contributed by atoms with Gasteiger partial charge in [0.2, 0.25) is 0 Å². The molecule has 1 saturated carbocycles. The van der Waals surface area contributed by atoms with E-state index in [0.29, 0.717) is 0 Å². The zero-order valence-corrected chi connectivity index (χ0v) is 14.3. The molecule has 0 aromatic carbocycles. The van der Waals surface area contributed by atoms with E-state index >= 15 is 0 Å². The van der Waals surface area contributed by atoms with E-state index in [1.54, 1.807) is 0 Å². The van der Waals surface area contributed by atoms with E-state index in [1.165, 1.54) is 60.8 Å². The van der Waals surface area contributed by atoms with Gasteiger partial charge in [-0.1, -0.05) is 20.3 Å². The van der Waals surface area contributed by atoms with Crippen LogP contribution in [0.15, 0.2) is 0 Å². The SMILES string of the molecule is CCCc1nc(CN2CCCC(C)C2)sc1CNC1CC1. The van der Waals surface area contributed by atoms with Crippen molar-refractivity contribution in [3.05, 3.63) is 15.6 Å². The molecule has 2 aliphatic rings. The first-order chi connectivity index (χ1) is 10.2. The van der Waals surface area contributed by atoms with Crippen LogP contribution in [-0.4, -0.2) is 29.0 Å². The van der Waals surface area contributed by atoms with E-state index < -0.39 is 0 Å². The Morgan fingerprint density at radius 3 is 2.90 bits per heavy atom. The summed E-state index contributed by atoms with van der Waals surface area (Å²) in [5, 5.41) is 4.99. The van der Waals surface area contributed by atoms with E-state index in [9.17, 15) is 0 Å². The number of piperidine rings is 1. The Morgan fingerprint density at radius 1 is 1.33 bits per heavy atom. The normalized spacial score (nSPS) is 23.6. The van der Waals surface area contributed by atoms with Crippen LogP contribution in [0.1, 0.15) is 61.5 Å². The summed E-state index contributed by atoms with van der Waals surface area (Å²) in [6, 6.07) is 0.785. The fourth-order valence-electron chi connectivity index (χ4n) is 3.22. The molecule has 1 aliphatic carbocycles. The highest BCUT2D eigenvalue weighted by atomic mass is 32.1. The van der Waals surface area contributed by atoms with E-state index in [2.05, 4.69) is 24.1 Å². The van der Waals surface area contributed by atoms with Gasteiger partial charge in [0.1, 0.15) is 5.01 Å². The largest absolute Gasteiger partial charge is 0.309 e. The Hall–Kier alpha value is -0.450. The van der Waals surface area contributed by atoms with Crippen LogP contribution in [0, 0.1) is 5.92 Å². The molecular formula is C17H29N3S. The lowest BCUT2D eigenvalue weighted by molar-refractivity contribution is 0.176. The number of hydrogen-bond donors (Lipinski definition) is 1. The molecule has 1 aliphatic heterocycles. The molecule has 0 spiro atoms. The van der Waals surface area contributed by atoms with Crippen molar-refractivity contribution in [1.29, 1.82) is 0 Å². The predicted octanol–water partition coefficient (Wildman–Crippen LogP) is 3.58. The molecule has 1 saturated heterocycles. The molecule has 1 aromatic heterocycles. The third-order valence-electron chi connectivity index (χ3n) is 4.54. The second-order valence-corrected chi connectivity index (χ2v) is 8.03. The Balaban J connectivity index is 1.61. The summed E-state index contributed by atoms with van der Waals surface area (Å²) in [4.78, 5) is 9.04. The predicted molar refractivity (Wildman–Crippen MR) is 89.6 cm³/mol. The molecule has 1 atom stereocenters. The summed E-state index contributed by atoms with van der Waals surface area (Å²) in [6.45, 7) is 9.23. The number of likely N-dealkylation sites (tertiary alicyclic amines) is 1. The van der Waals surface area contributed by atoms with Gasteiger partial charge in [-0.15, -0.1) is 11.3 Å². The monoisotopic (exact) mass is 307 g/mol. The molecular weight excluding hydrogens is 278 g/mol. The maximum absolute atomic E-state index is 4.95. The van der Waals surface area contributed by atoms with Crippen molar-refractivity contribution in [1.82, 2.24) is 15.2 Å². The molecule has 1 unspecified atom stereocenters. The van der Waals surface area contributed by atoms with Gasteiger partial charge in [-0.05, 0) is 44.6 Å². The lowest BCUT2D eigenvalue weighted by Crippen LogP contribution is -2.33. The molecule has 0 radical (unpaired) electrons. The van der Waals surface area contributed by atoms with Gasteiger partial charge >= 0.3 is 0 Å². The zero-order valence-electron chi connectivity index (χ0n) is 13.5. The van der Waals surface area contributed by atoms with Gasteiger partial charge in [0.25, 0.3) is 0 Å². The molecule has 118 valence electrons. The molecule has 1 aromatic rings. The van der Waals surface area contributed by atoms with Crippen LogP contribution in [0.4, 0.5) is 0 Å². The first-order valence-electron chi connectivity index (χ1n) is 8.67. The molecule has 2 fully saturated rings. The first-order valence-corrected chi connectivity index (χ1v) is 9.49. The third-order valence-corrected chi connectivity index (χ3v) is 5.62. The van der Waals surface area contributed by atoms with Gasteiger partial charge in [0, 0.05) is 24.0 Å². The summed E-state index contributed by atoms with van der Waals surface area (Å²) in [7, 11) is 0. The van der Waals surface area contributed by atoms with Crippen molar-refractivity contribution in [2.24, 2.45) is 5.92 Å². The summed E-state index contributed by atoms with van der Waals surface area (Å²) >= 11 is 1.95. The topological polar surface area (TPSA) is 28.2 Å². The van der Waals surface area contributed by atoms with Gasteiger partial charge in [-0.25, -0.2) is 4.98 Å². The average Bonchev–Trinajstić information content (AvgIpc) is 3.20. The summed E-state index contributed by atoms with van der Waals surface area (Å²) in [6.07, 6.45) is 7.80. The summed E-state index contributed by atoms with van der Waals surface area (Å²) in [5.74, 6) is 0.852. The van der Waals surface area contributed by atoms with Crippen LogP contribution in [-0.2, 0) is 19.5 Å². The third kappa shape index (κ3) is 4.51. The second kappa shape index (κ2) is 7.21. The van der Waals surface area contributed by atoms with Crippen LogP contribution in [0.5, 0.6) is 0 Å². The summed E-state index contributed by atoms with van der Waals surface area (Å²) < 4.78 is 0. The minimum atomic E-state index is 0.785. The van der Waals surface area contributed by atoms with Crippen LogP contribution < -0.4 is 5.32 Å². The number of nitrogens with one attached hydrogen (secondary N) is 1. The number of aryl methyl sites for hydroxylation is 1. The van der Waals surface area contributed by atoms with Crippen molar-refractivity contribution in [2.45, 2.75) is 71.5 Å². The highest BCUT2D eigenvalue weighted by Crippen LogP contribution is 2.25. The van der Waals surface area contributed by atoms with Crippen molar-refractivity contribution in [2.75, 3.05) is 13.1 Å². The van der Waals surface area contributed by atoms with Gasteiger partial charge in [0.05, 0.1) is 12.2 Å². The molecule has 0 amide bonds. The highest BCUT2D eigenvalue weighted by molar-refractivity contribution is 7.11. The van der Waals surface area contributed by atoms with Gasteiger partial charge in [-0.2, -0.15) is 0 Å². The first kappa shape index (κ1) is 15.4.